The number of rotatable bonds is 6. The van der Waals surface area contributed by atoms with Crippen LogP contribution in [0.2, 0.25) is 0 Å². The van der Waals surface area contributed by atoms with Crippen molar-refractivity contribution in [2.24, 2.45) is 0 Å². The van der Waals surface area contributed by atoms with Crippen LogP contribution in [0.3, 0.4) is 0 Å². The monoisotopic (exact) mass is 377 g/mol. The second kappa shape index (κ2) is 9.51. The number of nitrogens with zero attached hydrogens (tertiary/aromatic N) is 2. The van der Waals surface area contributed by atoms with Crippen molar-refractivity contribution in [3.05, 3.63) is 29.6 Å². The van der Waals surface area contributed by atoms with Crippen molar-refractivity contribution in [2.75, 3.05) is 33.3 Å². The van der Waals surface area contributed by atoms with E-state index in [1.807, 2.05) is 6.92 Å². The molecule has 0 spiro atoms. The molecular formula is C21H32FN3O2. The van der Waals surface area contributed by atoms with Crippen LogP contribution >= 0.6 is 0 Å². The fourth-order valence-electron chi connectivity index (χ4n) is 4.15. The zero-order valence-electron chi connectivity index (χ0n) is 16.5. The largest absolute Gasteiger partial charge is 0.496 e. The molecule has 0 unspecified atom stereocenters. The lowest BCUT2D eigenvalue weighted by molar-refractivity contribution is -0.127. The lowest BCUT2D eigenvalue weighted by Crippen LogP contribution is -2.54. The second-order valence-electron chi connectivity index (χ2n) is 7.79. The fourth-order valence-corrected chi connectivity index (χ4v) is 4.15. The number of nitrogens with one attached hydrogen (secondary N) is 1. The number of halogens is 1. The van der Waals surface area contributed by atoms with Crippen molar-refractivity contribution in [3.8, 4) is 5.75 Å². The van der Waals surface area contributed by atoms with Gasteiger partial charge in [0.25, 0.3) is 0 Å². The molecular weight excluding hydrogens is 345 g/mol. The third-order valence-corrected chi connectivity index (χ3v) is 5.92. The minimum Gasteiger partial charge on any atom is -0.496 e. The van der Waals surface area contributed by atoms with E-state index in [0.717, 1.165) is 50.3 Å². The van der Waals surface area contributed by atoms with Gasteiger partial charge in [0.1, 0.15) is 11.6 Å². The van der Waals surface area contributed by atoms with E-state index in [0.29, 0.717) is 12.6 Å². The highest BCUT2D eigenvalue weighted by Crippen LogP contribution is 2.22. The predicted molar refractivity (Wildman–Crippen MR) is 104 cm³/mol. The summed E-state index contributed by atoms with van der Waals surface area (Å²) < 4.78 is 18.9. The van der Waals surface area contributed by atoms with Crippen LogP contribution in [0.25, 0.3) is 0 Å². The van der Waals surface area contributed by atoms with Crippen molar-refractivity contribution in [1.82, 2.24) is 15.1 Å². The van der Waals surface area contributed by atoms with E-state index in [-0.39, 0.29) is 17.8 Å². The first-order valence-electron chi connectivity index (χ1n) is 10.2. The molecule has 1 N–H and O–H groups in total. The van der Waals surface area contributed by atoms with Crippen LogP contribution < -0.4 is 10.1 Å². The van der Waals surface area contributed by atoms with E-state index >= 15 is 0 Å². The molecule has 1 heterocycles. The van der Waals surface area contributed by atoms with Gasteiger partial charge in [0, 0.05) is 44.3 Å². The van der Waals surface area contributed by atoms with Crippen LogP contribution in [0.4, 0.5) is 4.39 Å². The third-order valence-electron chi connectivity index (χ3n) is 5.92. The van der Waals surface area contributed by atoms with Crippen LogP contribution in [-0.2, 0) is 11.3 Å². The number of hydrogen-bond acceptors (Lipinski definition) is 4. The van der Waals surface area contributed by atoms with Gasteiger partial charge in [-0.3, -0.25) is 14.6 Å². The lowest BCUT2D eigenvalue weighted by Gasteiger charge is -2.38. The van der Waals surface area contributed by atoms with Crippen LogP contribution in [-0.4, -0.2) is 61.1 Å². The van der Waals surface area contributed by atoms with Crippen molar-refractivity contribution in [2.45, 2.75) is 57.7 Å². The molecule has 0 bridgehead atoms. The van der Waals surface area contributed by atoms with Gasteiger partial charge in [0.15, 0.2) is 0 Å². The Bertz CT molecular complexity index is 626. The molecule has 27 heavy (non-hydrogen) atoms. The molecule has 1 aromatic rings. The molecule has 1 amide bonds. The van der Waals surface area contributed by atoms with Crippen molar-refractivity contribution in [3.63, 3.8) is 0 Å². The Morgan fingerprint density at radius 1 is 1.22 bits per heavy atom. The molecule has 0 aromatic heterocycles. The molecule has 2 fully saturated rings. The van der Waals surface area contributed by atoms with Gasteiger partial charge < -0.3 is 10.1 Å². The number of hydrogen-bond donors (Lipinski definition) is 1. The van der Waals surface area contributed by atoms with Gasteiger partial charge in [-0.05, 0) is 38.0 Å². The highest BCUT2D eigenvalue weighted by atomic mass is 19.1. The van der Waals surface area contributed by atoms with Gasteiger partial charge in [-0.1, -0.05) is 19.3 Å². The number of carbonyl (C=O) groups is 1. The average Bonchev–Trinajstić information content (AvgIpc) is 2.69. The molecule has 1 saturated carbocycles. The smallest absolute Gasteiger partial charge is 0.237 e. The maximum atomic E-state index is 13.6. The van der Waals surface area contributed by atoms with Crippen molar-refractivity contribution in [1.29, 1.82) is 0 Å². The summed E-state index contributed by atoms with van der Waals surface area (Å²) >= 11 is 0. The maximum Gasteiger partial charge on any atom is 0.237 e. The molecule has 1 saturated heterocycles. The van der Waals surface area contributed by atoms with Gasteiger partial charge >= 0.3 is 0 Å². The van der Waals surface area contributed by atoms with Gasteiger partial charge in [-0.2, -0.15) is 0 Å². The topological polar surface area (TPSA) is 44.8 Å². The van der Waals surface area contributed by atoms with E-state index < -0.39 is 0 Å². The molecule has 3 rings (SSSR count). The van der Waals surface area contributed by atoms with Crippen LogP contribution in [0.15, 0.2) is 18.2 Å². The number of amides is 1. The summed E-state index contributed by atoms with van der Waals surface area (Å²) in [5.74, 6) is 0.638. The molecule has 1 atom stereocenters. The number of carbonyl (C=O) groups excluding carboxylic acids is 1. The SMILES string of the molecule is COc1ccc(F)cc1CN1CCN([C@H](C)C(=O)NC2CCCCC2)CC1. The molecule has 1 aromatic carbocycles. The Morgan fingerprint density at radius 2 is 1.93 bits per heavy atom. The number of ether oxygens (including phenoxy) is 1. The summed E-state index contributed by atoms with van der Waals surface area (Å²) in [4.78, 5) is 17.1. The van der Waals surface area contributed by atoms with Gasteiger partial charge in [-0.15, -0.1) is 0 Å². The summed E-state index contributed by atoms with van der Waals surface area (Å²) in [5.41, 5.74) is 0.869. The molecule has 150 valence electrons. The first-order valence-corrected chi connectivity index (χ1v) is 10.2. The number of piperazine rings is 1. The van der Waals surface area contributed by atoms with Gasteiger partial charge in [0.05, 0.1) is 13.2 Å². The maximum absolute atomic E-state index is 13.6. The predicted octanol–water partition coefficient (Wildman–Crippen LogP) is 2.79. The standard InChI is InChI=1S/C21H32FN3O2/c1-16(21(26)23-19-6-4-3-5-7-19)25-12-10-24(11-13-25)15-17-14-18(22)8-9-20(17)27-2/h8-9,14,16,19H,3-7,10-13,15H2,1-2H3,(H,23,26)/t16-/m1/s1. The highest BCUT2D eigenvalue weighted by molar-refractivity contribution is 5.81. The summed E-state index contributed by atoms with van der Waals surface area (Å²) in [6.45, 7) is 6.08. The second-order valence-corrected chi connectivity index (χ2v) is 7.79. The lowest BCUT2D eigenvalue weighted by atomic mass is 9.95. The molecule has 1 aliphatic heterocycles. The van der Waals surface area contributed by atoms with E-state index in [2.05, 4.69) is 15.1 Å². The minimum atomic E-state index is -0.238. The Balaban J connectivity index is 1.48. The normalized spacial score (nSPS) is 21.0. The third kappa shape index (κ3) is 5.42. The van der Waals surface area contributed by atoms with Crippen LogP contribution in [0.5, 0.6) is 5.75 Å². The van der Waals surface area contributed by atoms with Crippen molar-refractivity contribution >= 4 is 5.91 Å². The zero-order valence-corrected chi connectivity index (χ0v) is 16.5. The van der Waals surface area contributed by atoms with E-state index in [4.69, 9.17) is 4.74 Å². The summed E-state index contributed by atoms with van der Waals surface area (Å²) in [6, 6.07) is 4.91. The molecule has 0 radical (unpaired) electrons. The summed E-state index contributed by atoms with van der Waals surface area (Å²) in [7, 11) is 1.61. The quantitative estimate of drug-likeness (QED) is 0.828. The van der Waals surface area contributed by atoms with Crippen LogP contribution in [0.1, 0.15) is 44.6 Å². The summed E-state index contributed by atoms with van der Waals surface area (Å²) in [5, 5.41) is 3.24. The highest BCUT2D eigenvalue weighted by Gasteiger charge is 2.27. The Kier molecular flexibility index (Phi) is 7.07. The van der Waals surface area contributed by atoms with E-state index in [1.165, 1.54) is 25.3 Å². The fraction of sp³-hybridized carbons (Fsp3) is 0.667. The molecule has 2 aliphatic rings. The minimum absolute atomic E-state index is 0.0993. The average molecular weight is 378 g/mol. The van der Waals surface area contributed by atoms with E-state index in [9.17, 15) is 9.18 Å². The van der Waals surface area contributed by atoms with Gasteiger partial charge in [-0.25, -0.2) is 4.39 Å². The van der Waals surface area contributed by atoms with Crippen LogP contribution in [0, 0.1) is 5.82 Å². The Morgan fingerprint density at radius 3 is 2.59 bits per heavy atom. The van der Waals surface area contributed by atoms with Crippen molar-refractivity contribution < 1.29 is 13.9 Å². The molecule has 1 aliphatic carbocycles. The summed E-state index contributed by atoms with van der Waals surface area (Å²) in [6.07, 6.45) is 5.96. The number of methoxy groups -OCH3 is 1. The molecule has 6 heteroatoms. The Labute approximate surface area is 161 Å². The van der Waals surface area contributed by atoms with E-state index in [1.54, 1.807) is 19.2 Å². The zero-order chi connectivity index (χ0) is 19.2. The van der Waals surface area contributed by atoms with Gasteiger partial charge in [0.2, 0.25) is 5.91 Å². The first-order chi connectivity index (χ1) is 13.1. The number of benzene rings is 1. The first kappa shape index (κ1) is 20.1. The molecule has 5 nitrogen and oxygen atoms in total. The Hall–Kier alpha value is -1.66.